The molecule has 2 saturated heterocycles. The molecular weight excluding hydrogens is 306 g/mol. The Morgan fingerprint density at radius 3 is 2.25 bits per heavy atom. The highest BCUT2D eigenvalue weighted by Crippen LogP contribution is 2.17. The summed E-state index contributed by atoms with van der Waals surface area (Å²) in [7, 11) is 0. The summed E-state index contributed by atoms with van der Waals surface area (Å²) in [6, 6.07) is 7.68. The number of hydrogen-bond acceptors (Lipinski definition) is 5. The number of oxime groups is 1. The van der Waals surface area contributed by atoms with Gasteiger partial charge in [0.1, 0.15) is 0 Å². The van der Waals surface area contributed by atoms with Crippen LogP contribution in [0.5, 0.6) is 0 Å². The van der Waals surface area contributed by atoms with Crippen LogP contribution in [0, 0.1) is 0 Å². The molecule has 0 radical (unpaired) electrons. The largest absolute Gasteiger partial charge is 0.409 e. The standard InChI is InChI=1S/C17H25N5O2/c18-17(19-24)14-3-5-15(6-4-14)21-11-9-20(10-12-21)13-16(23)22-7-1-2-8-22/h3-6,24H,1-2,7-13H2,(H2,18,19). The Balaban J connectivity index is 1.50. The van der Waals surface area contributed by atoms with Crippen molar-refractivity contribution in [3.8, 4) is 0 Å². The molecule has 0 bridgehead atoms. The number of nitrogens with zero attached hydrogens (tertiary/aromatic N) is 4. The lowest BCUT2D eigenvalue weighted by molar-refractivity contribution is -0.131. The van der Waals surface area contributed by atoms with Gasteiger partial charge in [0.05, 0.1) is 6.54 Å². The monoisotopic (exact) mass is 331 g/mol. The average Bonchev–Trinajstić information content (AvgIpc) is 3.17. The third kappa shape index (κ3) is 3.79. The molecule has 2 aliphatic heterocycles. The van der Waals surface area contributed by atoms with Crippen molar-refractivity contribution in [1.82, 2.24) is 9.80 Å². The summed E-state index contributed by atoms with van der Waals surface area (Å²) in [6.45, 7) is 5.96. The van der Waals surface area contributed by atoms with Gasteiger partial charge in [-0.25, -0.2) is 0 Å². The molecule has 2 heterocycles. The molecule has 0 atom stereocenters. The van der Waals surface area contributed by atoms with Crippen molar-refractivity contribution in [2.75, 3.05) is 50.7 Å². The number of amides is 1. The first-order valence-corrected chi connectivity index (χ1v) is 8.50. The highest BCUT2D eigenvalue weighted by Gasteiger charge is 2.23. The van der Waals surface area contributed by atoms with Crippen LogP contribution in [0.15, 0.2) is 29.4 Å². The number of piperazine rings is 1. The van der Waals surface area contributed by atoms with Crippen LogP contribution < -0.4 is 10.6 Å². The quantitative estimate of drug-likeness (QED) is 0.364. The summed E-state index contributed by atoms with van der Waals surface area (Å²) in [5, 5.41) is 11.7. The van der Waals surface area contributed by atoms with E-state index in [2.05, 4.69) is 15.0 Å². The summed E-state index contributed by atoms with van der Waals surface area (Å²) in [5.74, 6) is 0.385. The molecule has 2 aliphatic rings. The van der Waals surface area contributed by atoms with Crippen LogP contribution in [0.4, 0.5) is 5.69 Å². The van der Waals surface area contributed by atoms with Gasteiger partial charge in [0, 0.05) is 50.5 Å². The lowest BCUT2D eigenvalue weighted by Gasteiger charge is -2.36. The topological polar surface area (TPSA) is 85.4 Å². The second-order valence-electron chi connectivity index (χ2n) is 6.38. The fraction of sp³-hybridized carbons (Fsp3) is 0.529. The Bertz CT molecular complexity index is 588. The summed E-state index contributed by atoms with van der Waals surface area (Å²) in [5.41, 5.74) is 7.41. The van der Waals surface area contributed by atoms with Gasteiger partial charge in [-0.2, -0.15) is 0 Å². The molecule has 7 nitrogen and oxygen atoms in total. The second kappa shape index (κ2) is 7.53. The van der Waals surface area contributed by atoms with E-state index in [0.29, 0.717) is 12.1 Å². The molecule has 1 amide bonds. The predicted octanol–water partition coefficient (Wildman–Crippen LogP) is 0.525. The van der Waals surface area contributed by atoms with Crippen LogP contribution in [-0.2, 0) is 4.79 Å². The normalized spacial score (nSPS) is 19.8. The summed E-state index contributed by atoms with van der Waals surface area (Å²) < 4.78 is 0. The Kier molecular flexibility index (Phi) is 5.20. The van der Waals surface area contributed by atoms with E-state index in [0.717, 1.165) is 57.8 Å². The number of carbonyl (C=O) groups excluding carboxylic acids is 1. The highest BCUT2D eigenvalue weighted by molar-refractivity contribution is 5.97. The van der Waals surface area contributed by atoms with Gasteiger partial charge in [-0.1, -0.05) is 5.16 Å². The number of carbonyl (C=O) groups is 1. The lowest BCUT2D eigenvalue weighted by atomic mass is 10.1. The van der Waals surface area contributed by atoms with Crippen LogP contribution in [0.3, 0.4) is 0 Å². The molecule has 1 aromatic carbocycles. The molecule has 7 heteroatoms. The first-order valence-electron chi connectivity index (χ1n) is 8.50. The molecule has 1 aromatic rings. The smallest absolute Gasteiger partial charge is 0.236 e. The van der Waals surface area contributed by atoms with Crippen molar-refractivity contribution in [3.63, 3.8) is 0 Å². The molecule has 0 aliphatic carbocycles. The van der Waals surface area contributed by atoms with E-state index in [1.807, 2.05) is 29.2 Å². The third-order valence-corrected chi connectivity index (χ3v) is 4.83. The summed E-state index contributed by atoms with van der Waals surface area (Å²) in [6.07, 6.45) is 2.28. The maximum Gasteiger partial charge on any atom is 0.236 e. The minimum atomic E-state index is 0.117. The van der Waals surface area contributed by atoms with Gasteiger partial charge in [0.2, 0.25) is 5.91 Å². The van der Waals surface area contributed by atoms with Gasteiger partial charge in [-0.15, -0.1) is 0 Å². The van der Waals surface area contributed by atoms with Crippen LogP contribution in [0.2, 0.25) is 0 Å². The van der Waals surface area contributed by atoms with Crippen molar-refractivity contribution in [2.24, 2.45) is 10.9 Å². The maximum absolute atomic E-state index is 12.2. The Labute approximate surface area is 142 Å². The van der Waals surface area contributed by atoms with E-state index in [1.165, 1.54) is 0 Å². The first kappa shape index (κ1) is 16.6. The van der Waals surface area contributed by atoms with Crippen molar-refractivity contribution in [3.05, 3.63) is 29.8 Å². The minimum absolute atomic E-state index is 0.117. The van der Waals surface area contributed by atoms with E-state index < -0.39 is 0 Å². The van der Waals surface area contributed by atoms with Crippen molar-refractivity contribution in [1.29, 1.82) is 0 Å². The van der Waals surface area contributed by atoms with Gasteiger partial charge in [-0.3, -0.25) is 9.69 Å². The van der Waals surface area contributed by atoms with Gasteiger partial charge in [-0.05, 0) is 37.1 Å². The zero-order chi connectivity index (χ0) is 16.9. The highest BCUT2D eigenvalue weighted by atomic mass is 16.4. The second-order valence-corrected chi connectivity index (χ2v) is 6.38. The summed E-state index contributed by atoms with van der Waals surface area (Å²) in [4.78, 5) is 18.7. The van der Waals surface area contributed by atoms with Crippen LogP contribution >= 0.6 is 0 Å². The Hall–Kier alpha value is -2.28. The van der Waals surface area contributed by atoms with E-state index in [4.69, 9.17) is 10.9 Å². The van der Waals surface area contributed by atoms with E-state index in [-0.39, 0.29) is 11.7 Å². The number of amidine groups is 1. The molecule has 3 N–H and O–H groups in total. The molecule has 0 saturated carbocycles. The van der Waals surface area contributed by atoms with Gasteiger partial charge < -0.3 is 20.7 Å². The molecule has 0 spiro atoms. The van der Waals surface area contributed by atoms with Crippen molar-refractivity contribution in [2.45, 2.75) is 12.8 Å². The molecule has 130 valence electrons. The number of benzene rings is 1. The van der Waals surface area contributed by atoms with E-state index in [9.17, 15) is 4.79 Å². The molecule has 0 unspecified atom stereocenters. The molecule has 24 heavy (non-hydrogen) atoms. The minimum Gasteiger partial charge on any atom is -0.409 e. The van der Waals surface area contributed by atoms with Crippen LogP contribution in [-0.4, -0.2) is 72.6 Å². The van der Waals surface area contributed by atoms with Crippen LogP contribution in [0.25, 0.3) is 0 Å². The maximum atomic E-state index is 12.2. The van der Waals surface area contributed by atoms with Crippen molar-refractivity contribution < 1.29 is 10.0 Å². The third-order valence-electron chi connectivity index (χ3n) is 4.83. The van der Waals surface area contributed by atoms with Gasteiger partial charge in [0.25, 0.3) is 0 Å². The number of rotatable bonds is 4. The summed E-state index contributed by atoms with van der Waals surface area (Å²) >= 11 is 0. The fourth-order valence-corrected chi connectivity index (χ4v) is 3.32. The van der Waals surface area contributed by atoms with Gasteiger partial charge in [0.15, 0.2) is 5.84 Å². The lowest BCUT2D eigenvalue weighted by Crippen LogP contribution is -2.49. The number of likely N-dealkylation sites (tertiary alicyclic amines) is 1. The van der Waals surface area contributed by atoms with Crippen LogP contribution in [0.1, 0.15) is 18.4 Å². The molecule has 2 fully saturated rings. The predicted molar refractivity (Wildman–Crippen MR) is 93.4 cm³/mol. The SMILES string of the molecule is NC(=NO)c1ccc(N2CCN(CC(=O)N3CCCC3)CC2)cc1. The Morgan fingerprint density at radius 2 is 1.67 bits per heavy atom. The molecule has 3 rings (SSSR count). The van der Waals surface area contributed by atoms with Gasteiger partial charge >= 0.3 is 0 Å². The fourth-order valence-electron chi connectivity index (χ4n) is 3.32. The number of hydrogen-bond donors (Lipinski definition) is 2. The van der Waals surface area contributed by atoms with E-state index >= 15 is 0 Å². The Morgan fingerprint density at radius 1 is 1.04 bits per heavy atom. The first-order chi connectivity index (χ1) is 11.7. The molecular formula is C17H25N5O2. The number of anilines is 1. The average molecular weight is 331 g/mol. The zero-order valence-electron chi connectivity index (χ0n) is 13.9. The number of nitrogens with two attached hydrogens (primary N) is 1. The van der Waals surface area contributed by atoms with Crippen molar-refractivity contribution >= 4 is 17.4 Å². The zero-order valence-corrected chi connectivity index (χ0v) is 13.9. The van der Waals surface area contributed by atoms with E-state index in [1.54, 1.807) is 0 Å². The molecule has 0 aromatic heterocycles.